The molecule has 0 aromatic carbocycles. The van der Waals surface area contributed by atoms with Crippen LogP contribution in [0.15, 0.2) is 36.7 Å². The third kappa shape index (κ3) is 4.80. The van der Waals surface area contributed by atoms with Gasteiger partial charge in [0, 0.05) is 37.1 Å². The van der Waals surface area contributed by atoms with Crippen LogP contribution in [0.3, 0.4) is 0 Å². The summed E-state index contributed by atoms with van der Waals surface area (Å²) in [5.41, 5.74) is 4.29. The molecule has 0 bridgehead atoms. The number of pyridine rings is 1. The molecule has 154 valence electrons. The minimum absolute atomic E-state index is 0.0782. The first kappa shape index (κ1) is 20.5. The maximum absolute atomic E-state index is 11.1. The summed E-state index contributed by atoms with van der Waals surface area (Å²) in [5, 5.41) is 20.2. The van der Waals surface area contributed by atoms with Gasteiger partial charge in [0.15, 0.2) is 0 Å². The number of carboxylic acids is 1. The molecular weight excluding hydrogens is 374 g/mol. The average Bonchev–Trinajstić information content (AvgIpc) is 3.27. The van der Waals surface area contributed by atoms with E-state index in [0.717, 1.165) is 49.5 Å². The number of aromatic nitrogens is 4. The monoisotopic (exact) mass is 399 g/mol. The van der Waals surface area contributed by atoms with Crippen LogP contribution in [0.25, 0.3) is 5.65 Å². The lowest BCUT2D eigenvalue weighted by Gasteiger charge is -2.32. The van der Waals surface area contributed by atoms with E-state index in [1.165, 1.54) is 5.69 Å². The van der Waals surface area contributed by atoms with Crippen LogP contribution in [0, 0.1) is 6.92 Å². The Balaban J connectivity index is 0.000000755. The Labute approximate surface area is 168 Å². The van der Waals surface area contributed by atoms with E-state index in [4.69, 9.17) is 15.0 Å². The van der Waals surface area contributed by atoms with Gasteiger partial charge in [0.1, 0.15) is 12.2 Å². The van der Waals surface area contributed by atoms with Crippen LogP contribution in [0.1, 0.15) is 35.8 Å². The largest absolute Gasteiger partial charge is 0.483 e. The molecular formula is C20H25N5O4. The molecule has 1 saturated heterocycles. The summed E-state index contributed by atoms with van der Waals surface area (Å²) in [5.74, 6) is -0.547. The zero-order valence-electron chi connectivity index (χ0n) is 16.3. The van der Waals surface area contributed by atoms with Crippen molar-refractivity contribution in [2.45, 2.75) is 38.8 Å². The number of aliphatic carboxylic acids is 1. The fourth-order valence-corrected chi connectivity index (χ4v) is 3.96. The highest BCUT2D eigenvalue weighted by Crippen LogP contribution is 2.28. The molecule has 4 heterocycles. The predicted molar refractivity (Wildman–Crippen MR) is 106 cm³/mol. The molecule has 0 aliphatic carbocycles. The zero-order valence-corrected chi connectivity index (χ0v) is 16.3. The van der Waals surface area contributed by atoms with Gasteiger partial charge in [-0.25, -0.2) is 4.98 Å². The van der Waals surface area contributed by atoms with Crippen LogP contribution in [0.4, 0.5) is 0 Å². The van der Waals surface area contributed by atoms with Gasteiger partial charge in [0.05, 0.1) is 11.4 Å². The number of imidazole rings is 1. The van der Waals surface area contributed by atoms with Gasteiger partial charge in [-0.05, 0) is 44.5 Å². The quantitative estimate of drug-likeness (QED) is 0.631. The van der Waals surface area contributed by atoms with E-state index in [1.54, 1.807) is 10.9 Å². The van der Waals surface area contributed by atoms with E-state index < -0.39 is 5.97 Å². The van der Waals surface area contributed by atoms with Gasteiger partial charge >= 0.3 is 5.97 Å². The molecule has 9 nitrogen and oxygen atoms in total. The van der Waals surface area contributed by atoms with Gasteiger partial charge in [-0.2, -0.15) is 5.10 Å². The number of nitrogens with zero attached hydrogens (tertiary/aromatic N) is 5. The van der Waals surface area contributed by atoms with Crippen molar-refractivity contribution in [1.29, 1.82) is 0 Å². The van der Waals surface area contributed by atoms with E-state index in [-0.39, 0.29) is 13.0 Å². The topological polar surface area (TPSA) is 113 Å². The number of carboxylic acid groups (broad SMARTS) is 2. The van der Waals surface area contributed by atoms with Crippen LogP contribution in [-0.4, -0.2) is 59.8 Å². The normalized spacial score (nSPS) is 16.9. The highest BCUT2D eigenvalue weighted by atomic mass is 16.4. The molecule has 9 heteroatoms. The SMILES string of the molecule is Cc1nc2ccccn2c1CN1CCCC(c2ccnn2CC(=O)O)C1.O=CO. The summed E-state index contributed by atoms with van der Waals surface area (Å²) in [6.07, 6.45) is 5.92. The second kappa shape index (κ2) is 9.33. The zero-order chi connectivity index (χ0) is 20.8. The first-order valence-corrected chi connectivity index (χ1v) is 9.49. The predicted octanol–water partition coefficient (Wildman–Crippen LogP) is 2.00. The molecule has 0 amide bonds. The Morgan fingerprint density at radius 3 is 2.90 bits per heavy atom. The highest BCUT2D eigenvalue weighted by molar-refractivity contribution is 5.66. The number of piperidine rings is 1. The molecule has 1 atom stereocenters. The van der Waals surface area contributed by atoms with Crippen molar-refractivity contribution in [3.8, 4) is 0 Å². The van der Waals surface area contributed by atoms with E-state index in [0.29, 0.717) is 5.92 Å². The lowest BCUT2D eigenvalue weighted by molar-refractivity contribution is -0.138. The Hall–Kier alpha value is -3.20. The maximum Gasteiger partial charge on any atom is 0.325 e. The van der Waals surface area contributed by atoms with Crippen molar-refractivity contribution < 1.29 is 19.8 Å². The van der Waals surface area contributed by atoms with Gasteiger partial charge < -0.3 is 14.6 Å². The molecule has 29 heavy (non-hydrogen) atoms. The van der Waals surface area contributed by atoms with Gasteiger partial charge in [0.25, 0.3) is 6.47 Å². The Kier molecular flexibility index (Phi) is 6.61. The first-order chi connectivity index (χ1) is 14.0. The average molecular weight is 399 g/mol. The lowest BCUT2D eigenvalue weighted by atomic mass is 9.94. The van der Waals surface area contributed by atoms with E-state index in [9.17, 15) is 4.79 Å². The number of likely N-dealkylation sites (tertiary alicyclic amines) is 1. The number of hydrogen-bond acceptors (Lipinski definition) is 5. The smallest absolute Gasteiger partial charge is 0.325 e. The Bertz CT molecular complexity index is 980. The summed E-state index contributed by atoms with van der Waals surface area (Å²) in [6.45, 7) is 4.53. The van der Waals surface area contributed by atoms with E-state index in [2.05, 4.69) is 32.5 Å². The van der Waals surface area contributed by atoms with Crippen LogP contribution in [0.5, 0.6) is 0 Å². The molecule has 0 radical (unpaired) electrons. The van der Waals surface area contributed by atoms with Crippen molar-refractivity contribution in [2.75, 3.05) is 13.1 Å². The van der Waals surface area contributed by atoms with Crippen LogP contribution >= 0.6 is 0 Å². The molecule has 3 aromatic heterocycles. The number of carbonyl (C=O) groups is 2. The van der Waals surface area contributed by atoms with Gasteiger partial charge in [-0.1, -0.05) is 6.07 Å². The highest BCUT2D eigenvalue weighted by Gasteiger charge is 2.25. The molecule has 1 aliphatic heterocycles. The minimum atomic E-state index is -0.857. The van der Waals surface area contributed by atoms with Gasteiger partial charge in [-0.15, -0.1) is 0 Å². The van der Waals surface area contributed by atoms with Crippen molar-refractivity contribution in [2.24, 2.45) is 0 Å². The molecule has 0 spiro atoms. The molecule has 3 aromatic rings. The first-order valence-electron chi connectivity index (χ1n) is 9.49. The second-order valence-electron chi connectivity index (χ2n) is 7.06. The van der Waals surface area contributed by atoms with E-state index >= 15 is 0 Å². The summed E-state index contributed by atoms with van der Waals surface area (Å²) in [7, 11) is 0. The third-order valence-electron chi connectivity index (χ3n) is 5.16. The molecule has 2 N–H and O–H groups in total. The third-order valence-corrected chi connectivity index (χ3v) is 5.16. The lowest BCUT2D eigenvalue weighted by Crippen LogP contribution is -2.35. The van der Waals surface area contributed by atoms with Crippen molar-refractivity contribution in [3.63, 3.8) is 0 Å². The van der Waals surface area contributed by atoms with Crippen molar-refractivity contribution in [3.05, 3.63) is 53.7 Å². The molecule has 1 aliphatic rings. The second-order valence-corrected chi connectivity index (χ2v) is 7.06. The maximum atomic E-state index is 11.1. The molecule has 1 fully saturated rings. The fourth-order valence-electron chi connectivity index (χ4n) is 3.96. The fraction of sp³-hybridized carbons (Fsp3) is 0.400. The van der Waals surface area contributed by atoms with Crippen LogP contribution < -0.4 is 0 Å². The van der Waals surface area contributed by atoms with Crippen molar-refractivity contribution >= 4 is 18.1 Å². The van der Waals surface area contributed by atoms with E-state index in [1.807, 2.05) is 24.3 Å². The number of fused-ring (bicyclic) bond motifs is 1. The number of hydrogen-bond donors (Lipinski definition) is 2. The van der Waals surface area contributed by atoms with Crippen LogP contribution in [0.2, 0.25) is 0 Å². The molecule has 0 saturated carbocycles. The summed E-state index contributed by atoms with van der Waals surface area (Å²) < 4.78 is 3.78. The van der Waals surface area contributed by atoms with Gasteiger partial charge in [-0.3, -0.25) is 19.2 Å². The van der Waals surface area contributed by atoms with Gasteiger partial charge in [0.2, 0.25) is 0 Å². The number of aryl methyl sites for hydroxylation is 1. The summed E-state index contributed by atoms with van der Waals surface area (Å²) in [6, 6.07) is 8.02. The minimum Gasteiger partial charge on any atom is -0.483 e. The summed E-state index contributed by atoms with van der Waals surface area (Å²) >= 11 is 0. The Morgan fingerprint density at radius 1 is 1.34 bits per heavy atom. The standard InChI is InChI=1S/C19H23N5O2.CH2O2/c1-14-17(23-10-3-2-6-18(23)21-14)12-22-9-4-5-15(11-22)16-7-8-20-24(16)13-19(25)26;2-1-3/h2-3,6-8,10,15H,4-5,9,11-13H2,1H3,(H,25,26);1H,(H,2,3). The Morgan fingerprint density at radius 2 is 2.14 bits per heavy atom. The number of rotatable bonds is 5. The molecule has 1 unspecified atom stereocenters. The van der Waals surface area contributed by atoms with Crippen LogP contribution in [-0.2, 0) is 22.7 Å². The molecule has 4 rings (SSSR count). The van der Waals surface area contributed by atoms with Crippen molar-refractivity contribution in [1.82, 2.24) is 24.1 Å². The summed E-state index contributed by atoms with van der Waals surface area (Å²) in [4.78, 5) is 26.5.